The van der Waals surface area contributed by atoms with Crippen molar-refractivity contribution in [2.45, 2.75) is 0 Å². The van der Waals surface area contributed by atoms with Crippen LogP contribution in [0.5, 0.6) is 0 Å². The Morgan fingerprint density at radius 3 is 1.67 bits per heavy atom. The Hall–Kier alpha value is -2.78. The van der Waals surface area contributed by atoms with E-state index in [1.54, 1.807) is 14.1 Å². The van der Waals surface area contributed by atoms with E-state index in [1.807, 2.05) is 0 Å². The van der Waals surface area contributed by atoms with Gasteiger partial charge in [-0.2, -0.15) is 0 Å². The molecular weight excluding hydrogens is 244 g/mol. The SMILES string of the molecule is C[n+]1noc([N-]C=O)c1-c1c([N-]C=O)on[n+]1C. The van der Waals surface area contributed by atoms with E-state index in [0.717, 1.165) is 0 Å². The first-order chi connectivity index (χ1) is 8.69. The van der Waals surface area contributed by atoms with Gasteiger partial charge in [-0.15, -0.1) is 0 Å². The van der Waals surface area contributed by atoms with Crippen LogP contribution in [0, 0.1) is 0 Å². The molecule has 2 amide bonds. The Balaban J connectivity index is 2.60. The van der Waals surface area contributed by atoms with E-state index in [4.69, 9.17) is 9.05 Å². The summed E-state index contributed by atoms with van der Waals surface area (Å²) in [4.78, 5) is 20.8. The highest BCUT2D eigenvalue weighted by Gasteiger charge is 2.31. The summed E-state index contributed by atoms with van der Waals surface area (Å²) in [6, 6.07) is 0. The maximum atomic E-state index is 10.4. The van der Waals surface area contributed by atoms with Crippen LogP contribution in [-0.2, 0) is 23.7 Å². The molecule has 0 bridgehead atoms. The summed E-state index contributed by atoms with van der Waals surface area (Å²) in [5, 5.41) is 14.2. The summed E-state index contributed by atoms with van der Waals surface area (Å²) in [5.41, 5.74) is 0.623. The van der Waals surface area contributed by atoms with Crippen LogP contribution >= 0.6 is 0 Å². The smallest absolute Gasteiger partial charge is 0.333 e. The number of amides is 2. The van der Waals surface area contributed by atoms with Crippen molar-refractivity contribution in [2.75, 3.05) is 0 Å². The van der Waals surface area contributed by atoms with E-state index >= 15 is 0 Å². The van der Waals surface area contributed by atoms with Crippen molar-refractivity contribution in [3.8, 4) is 11.4 Å². The highest BCUT2D eigenvalue weighted by atomic mass is 16.5. The first-order valence-electron chi connectivity index (χ1n) is 4.70. The van der Waals surface area contributed by atoms with E-state index in [2.05, 4.69) is 21.2 Å². The molecule has 0 aliphatic heterocycles. The molecule has 94 valence electrons. The maximum Gasteiger partial charge on any atom is 0.333 e. The van der Waals surface area contributed by atoms with Crippen LogP contribution in [0.3, 0.4) is 0 Å². The zero-order valence-electron chi connectivity index (χ0n) is 9.47. The van der Waals surface area contributed by atoms with Crippen LogP contribution < -0.4 is 9.36 Å². The third-order valence-corrected chi connectivity index (χ3v) is 2.12. The number of nitrogens with zero attached hydrogens (tertiary/aromatic N) is 6. The number of rotatable bonds is 5. The lowest BCUT2D eigenvalue weighted by Crippen LogP contribution is -2.38. The van der Waals surface area contributed by atoms with Gasteiger partial charge < -0.3 is 29.3 Å². The number of aromatic nitrogens is 4. The van der Waals surface area contributed by atoms with E-state index in [9.17, 15) is 9.59 Å². The Morgan fingerprint density at radius 1 is 0.944 bits per heavy atom. The monoisotopic (exact) mass is 252 g/mol. The molecular formula is C8H8N6O4. The summed E-state index contributed by atoms with van der Waals surface area (Å²) in [7, 11) is 3.14. The lowest BCUT2D eigenvalue weighted by molar-refractivity contribution is -0.755. The molecule has 0 N–H and O–H groups in total. The van der Waals surface area contributed by atoms with Crippen molar-refractivity contribution in [1.29, 1.82) is 0 Å². The molecule has 0 saturated carbocycles. The molecule has 10 heteroatoms. The van der Waals surface area contributed by atoms with Crippen LogP contribution in [0.1, 0.15) is 0 Å². The quantitative estimate of drug-likeness (QED) is 0.512. The van der Waals surface area contributed by atoms with Crippen LogP contribution in [0.15, 0.2) is 9.05 Å². The number of aryl methyl sites for hydroxylation is 2. The minimum Gasteiger partial charge on any atom is -0.590 e. The van der Waals surface area contributed by atoms with Gasteiger partial charge in [0.15, 0.2) is 24.6 Å². The number of carbonyl (C=O) groups excluding carboxylic acids is 2. The summed E-state index contributed by atoms with van der Waals surface area (Å²) in [6.07, 6.45) is 0.627. The van der Waals surface area contributed by atoms with Gasteiger partial charge in [-0.05, 0) is 9.36 Å². The summed E-state index contributed by atoms with van der Waals surface area (Å²) in [5.74, 6) is -0.0673. The standard InChI is InChI=1S/C8H8N6O4/c1-13-5(7(9-3-15)17-11-13)6-8(10-4-16)18-12-14(6)2/h3-4H,1-2H3. The van der Waals surface area contributed by atoms with Gasteiger partial charge in [0.1, 0.15) is 11.8 Å². The molecule has 0 aromatic carbocycles. The van der Waals surface area contributed by atoms with Crippen molar-refractivity contribution in [3.63, 3.8) is 0 Å². The van der Waals surface area contributed by atoms with E-state index < -0.39 is 0 Å². The van der Waals surface area contributed by atoms with Crippen molar-refractivity contribution >= 4 is 24.6 Å². The van der Waals surface area contributed by atoms with Gasteiger partial charge in [-0.1, -0.05) is 0 Å². The van der Waals surface area contributed by atoms with Crippen LogP contribution in [0.2, 0.25) is 0 Å². The Kier molecular flexibility index (Phi) is 3.00. The van der Waals surface area contributed by atoms with Crippen molar-refractivity contribution in [1.82, 2.24) is 10.5 Å². The summed E-state index contributed by atoms with van der Waals surface area (Å²) >= 11 is 0. The van der Waals surface area contributed by atoms with E-state index in [0.29, 0.717) is 24.2 Å². The molecule has 2 rings (SSSR count). The number of hydrogen-bond donors (Lipinski definition) is 0. The van der Waals surface area contributed by atoms with Crippen LogP contribution in [0.25, 0.3) is 22.0 Å². The molecule has 0 unspecified atom stereocenters. The van der Waals surface area contributed by atoms with Gasteiger partial charge in [0, 0.05) is 12.8 Å². The molecule has 0 saturated heterocycles. The minimum atomic E-state index is -0.0337. The highest BCUT2D eigenvalue weighted by Crippen LogP contribution is 2.33. The lowest BCUT2D eigenvalue weighted by Gasteiger charge is -2.05. The lowest BCUT2D eigenvalue weighted by atomic mass is 10.3. The molecule has 0 spiro atoms. The summed E-state index contributed by atoms with van der Waals surface area (Å²) < 4.78 is 12.3. The molecule has 2 aromatic rings. The second kappa shape index (κ2) is 4.61. The van der Waals surface area contributed by atoms with E-state index in [1.165, 1.54) is 9.36 Å². The first-order valence-corrected chi connectivity index (χ1v) is 4.70. The molecule has 10 nitrogen and oxygen atoms in total. The molecule has 18 heavy (non-hydrogen) atoms. The molecule has 0 aliphatic rings. The Bertz CT molecular complexity index is 536. The summed E-state index contributed by atoms with van der Waals surface area (Å²) in [6.45, 7) is 0. The zero-order chi connectivity index (χ0) is 13.1. The average molecular weight is 252 g/mol. The second-order valence-corrected chi connectivity index (χ2v) is 3.17. The average Bonchev–Trinajstić information content (AvgIpc) is 2.85. The predicted molar refractivity (Wildman–Crippen MR) is 52.5 cm³/mol. The molecule has 0 radical (unpaired) electrons. The molecule has 0 atom stereocenters. The van der Waals surface area contributed by atoms with E-state index in [-0.39, 0.29) is 11.8 Å². The number of hydrogen-bond acceptors (Lipinski definition) is 6. The van der Waals surface area contributed by atoms with Crippen molar-refractivity contribution < 1.29 is 28.0 Å². The van der Waals surface area contributed by atoms with Gasteiger partial charge in [0.05, 0.1) is 0 Å². The second-order valence-electron chi connectivity index (χ2n) is 3.17. The molecule has 0 aliphatic carbocycles. The van der Waals surface area contributed by atoms with Crippen molar-refractivity contribution in [2.24, 2.45) is 14.1 Å². The molecule has 2 heterocycles. The van der Waals surface area contributed by atoms with Gasteiger partial charge in [-0.25, -0.2) is 0 Å². The van der Waals surface area contributed by atoms with Gasteiger partial charge >= 0.3 is 11.4 Å². The Morgan fingerprint density at radius 2 is 1.33 bits per heavy atom. The fourth-order valence-corrected chi connectivity index (χ4v) is 1.42. The van der Waals surface area contributed by atoms with Crippen LogP contribution in [-0.4, -0.2) is 23.4 Å². The van der Waals surface area contributed by atoms with Gasteiger partial charge in [0.2, 0.25) is 0 Å². The maximum absolute atomic E-state index is 10.4. The third kappa shape index (κ3) is 1.79. The molecule has 2 aromatic heterocycles. The molecule has 0 fully saturated rings. The topological polar surface area (TPSA) is 122 Å². The predicted octanol–water partition coefficient (Wildman–Crippen LogP) is -0.698. The first kappa shape index (κ1) is 11.7. The fourth-order valence-electron chi connectivity index (χ4n) is 1.42. The van der Waals surface area contributed by atoms with Gasteiger partial charge in [-0.3, -0.25) is 0 Å². The number of carbonyl (C=O) groups is 2. The largest absolute Gasteiger partial charge is 0.590 e. The van der Waals surface area contributed by atoms with Crippen molar-refractivity contribution in [3.05, 3.63) is 10.6 Å². The zero-order valence-corrected chi connectivity index (χ0v) is 9.47. The minimum absolute atomic E-state index is 0.0337. The van der Waals surface area contributed by atoms with Crippen LogP contribution in [0.4, 0.5) is 11.8 Å². The third-order valence-electron chi connectivity index (χ3n) is 2.12. The highest BCUT2D eigenvalue weighted by molar-refractivity contribution is 5.87. The normalized spacial score (nSPS) is 10.1. The fraction of sp³-hybridized carbons (Fsp3) is 0.250. The van der Waals surface area contributed by atoms with Gasteiger partial charge in [0.25, 0.3) is 0 Å². The Labute approximate surface area is 100 Å².